The van der Waals surface area contributed by atoms with Gasteiger partial charge >= 0.3 is 6.55 Å². The van der Waals surface area contributed by atoms with Crippen molar-refractivity contribution in [2.75, 3.05) is 7.05 Å². The van der Waals surface area contributed by atoms with Crippen LogP contribution in [0.25, 0.3) is 11.1 Å². The predicted octanol–water partition coefficient (Wildman–Crippen LogP) is 4.23. The van der Waals surface area contributed by atoms with Gasteiger partial charge in [0, 0.05) is 43.3 Å². The van der Waals surface area contributed by atoms with E-state index >= 15 is 0 Å². The van der Waals surface area contributed by atoms with Gasteiger partial charge in [0.05, 0.1) is 5.69 Å². The first-order valence-electron chi connectivity index (χ1n) is 8.46. The Bertz CT molecular complexity index is 968. The Hall–Kier alpha value is -3.09. The van der Waals surface area contributed by atoms with E-state index in [4.69, 9.17) is 0 Å². The lowest BCUT2D eigenvalue weighted by Gasteiger charge is -2.18. The Morgan fingerprint density at radius 1 is 1.26 bits per heavy atom. The predicted molar refractivity (Wildman–Crippen MR) is 98.4 cm³/mol. The van der Waals surface area contributed by atoms with E-state index in [-0.39, 0.29) is 5.91 Å². The molecule has 0 spiro atoms. The molecule has 0 unspecified atom stereocenters. The van der Waals surface area contributed by atoms with Crippen LogP contribution < -0.4 is 0 Å². The average Bonchev–Trinajstić information content (AvgIpc) is 3.05. The van der Waals surface area contributed by atoms with E-state index in [0.29, 0.717) is 33.6 Å². The van der Waals surface area contributed by atoms with Gasteiger partial charge in [0.1, 0.15) is 0 Å². The zero-order valence-electron chi connectivity index (χ0n) is 15.4. The summed E-state index contributed by atoms with van der Waals surface area (Å²) in [4.78, 5) is 18.5. The van der Waals surface area contributed by atoms with Crippen molar-refractivity contribution in [3.63, 3.8) is 0 Å². The van der Waals surface area contributed by atoms with Gasteiger partial charge in [-0.15, -0.1) is 0 Å². The molecule has 0 radical (unpaired) electrons. The van der Waals surface area contributed by atoms with E-state index in [1.165, 1.54) is 6.20 Å². The summed E-state index contributed by atoms with van der Waals surface area (Å²) in [7, 11) is 1.73. The van der Waals surface area contributed by atoms with Crippen LogP contribution in [0.3, 0.4) is 0 Å². The molecule has 1 amide bonds. The largest absolute Gasteiger partial charge is 0.337 e. The Morgan fingerprint density at radius 3 is 2.70 bits per heavy atom. The summed E-state index contributed by atoms with van der Waals surface area (Å²) >= 11 is 0. The monoisotopic (exact) mass is 370 g/mol. The lowest BCUT2D eigenvalue weighted by molar-refractivity contribution is 0.0563. The van der Waals surface area contributed by atoms with E-state index in [1.807, 2.05) is 13.0 Å². The molecule has 0 atom stereocenters. The molecule has 3 aromatic rings. The number of pyridine rings is 1. The SMILES string of the molecule is Cc1cnccc1CN(C)C(=O)c1cccc(-c2cn(C(F)F)nc2C)c1. The number of hydrogen-bond acceptors (Lipinski definition) is 3. The molecule has 1 aromatic carbocycles. The normalized spacial score (nSPS) is 11.0. The summed E-state index contributed by atoms with van der Waals surface area (Å²) in [5.41, 5.74) is 4.27. The number of rotatable bonds is 5. The van der Waals surface area contributed by atoms with Crippen LogP contribution in [0.1, 0.15) is 33.7 Å². The first-order valence-corrected chi connectivity index (χ1v) is 8.46. The molecule has 0 aliphatic carbocycles. The number of benzene rings is 1. The standard InChI is InChI=1S/C20H20F2N4O/c1-13-10-23-8-7-17(13)11-25(3)19(27)16-6-4-5-15(9-16)18-12-26(20(21)22)24-14(18)2/h4-10,12,20H,11H2,1-3H3. The topological polar surface area (TPSA) is 51.0 Å². The van der Waals surface area contributed by atoms with E-state index in [0.717, 1.165) is 11.1 Å². The molecule has 0 fully saturated rings. The quantitative estimate of drug-likeness (QED) is 0.675. The molecule has 0 aliphatic heterocycles. The van der Waals surface area contributed by atoms with E-state index in [9.17, 15) is 13.6 Å². The van der Waals surface area contributed by atoms with Crippen LogP contribution in [0, 0.1) is 13.8 Å². The van der Waals surface area contributed by atoms with Gasteiger partial charge in [0.15, 0.2) is 0 Å². The number of carbonyl (C=O) groups is 1. The molecule has 2 aromatic heterocycles. The highest BCUT2D eigenvalue weighted by Gasteiger charge is 2.16. The van der Waals surface area contributed by atoms with Crippen molar-refractivity contribution >= 4 is 5.91 Å². The van der Waals surface area contributed by atoms with Crippen molar-refractivity contribution in [3.05, 3.63) is 71.3 Å². The van der Waals surface area contributed by atoms with Gasteiger partial charge in [0.2, 0.25) is 0 Å². The number of amides is 1. The second-order valence-electron chi connectivity index (χ2n) is 6.43. The highest BCUT2D eigenvalue weighted by molar-refractivity contribution is 5.95. The fraction of sp³-hybridized carbons (Fsp3) is 0.250. The van der Waals surface area contributed by atoms with Gasteiger partial charge in [-0.3, -0.25) is 9.78 Å². The van der Waals surface area contributed by atoms with Crippen molar-refractivity contribution in [1.82, 2.24) is 19.7 Å². The molecular weight excluding hydrogens is 350 g/mol. The third kappa shape index (κ3) is 4.02. The van der Waals surface area contributed by atoms with Gasteiger partial charge in [-0.2, -0.15) is 13.9 Å². The number of halogens is 2. The number of aryl methyl sites for hydroxylation is 2. The summed E-state index contributed by atoms with van der Waals surface area (Å²) in [6, 6.07) is 8.83. The zero-order chi connectivity index (χ0) is 19.6. The Kier molecular flexibility index (Phi) is 5.30. The van der Waals surface area contributed by atoms with E-state index in [2.05, 4.69) is 10.1 Å². The van der Waals surface area contributed by atoms with Gasteiger partial charge in [-0.25, -0.2) is 4.68 Å². The molecule has 0 saturated carbocycles. The van der Waals surface area contributed by atoms with Crippen LogP contribution in [0.5, 0.6) is 0 Å². The van der Waals surface area contributed by atoms with Crippen molar-refractivity contribution in [2.45, 2.75) is 26.9 Å². The minimum Gasteiger partial charge on any atom is -0.337 e. The van der Waals surface area contributed by atoms with Gasteiger partial charge < -0.3 is 4.90 Å². The van der Waals surface area contributed by atoms with Crippen molar-refractivity contribution in [2.24, 2.45) is 0 Å². The number of aromatic nitrogens is 3. The average molecular weight is 370 g/mol. The van der Waals surface area contributed by atoms with Crippen LogP contribution in [0.15, 0.2) is 48.9 Å². The second-order valence-corrected chi connectivity index (χ2v) is 6.43. The van der Waals surface area contributed by atoms with Gasteiger partial charge in [-0.1, -0.05) is 12.1 Å². The maximum Gasteiger partial charge on any atom is 0.333 e. The third-order valence-corrected chi connectivity index (χ3v) is 4.43. The van der Waals surface area contributed by atoms with Crippen LogP contribution in [-0.2, 0) is 6.54 Å². The number of alkyl halides is 2. The van der Waals surface area contributed by atoms with Crippen molar-refractivity contribution < 1.29 is 13.6 Å². The molecule has 2 heterocycles. The van der Waals surface area contributed by atoms with Crippen molar-refractivity contribution in [1.29, 1.82) is 0 Å². The minimum absolute atomic E-state index is 0.146. The molecule has 3 rings (SSSR count). The Balaban J connectivity index is 1.84. The molecule has 7 heteroatoms. The molecule has 0 aliphatic rings. The van der Waals surface area contributed by atoms with E-state index < -0.39 is 6.55 Å². The first-order chi connectivity index (χ1) is 12.9. The summed E-state index contributed by atoms with van der Waals surface area (Å²) < 4.78 is 26.4. The molecule has 0 bridgehead atoms. The summed E-state index contributed by atoms with van der Waals surface area (Å²) in [6.07, 6.45) is 4.76. The fourth-order valence-electron chi connectivity index (χ4n) is 2.91. The molecule has 140 valence electrons. The zero-order valence-corrected chi connectivity index (χ0v) is 15.4. The Morgan fingerprint density at radius 2 is 2.04 bits per heavy atom. The highest BCUT2D eigenvalue weighted by Crippen LogP contribution is 2.26. The van der Waals surface area contributed by atoms with Crippen LogP contribution in [-0.4, -0.2) is 32.6 Å². The summed E-state index contributed by atoms with van der Waals surface area (Å²) in [5, 5.41) is 3.83. The summed E-state index contributed by atoms with van der Waals surface area (Å²) in [6.45, 7) is 1.38. The first kappa shape index (κ1) is 18.7. The number of nitrogens with zero attached hydrogens (tertiary/aromatic N) is 4. The lowest BCUT2D eigenvalue weighted by atomic mass is 10.0. The summed E-state index contributed by atoms with van der Waals surface area (Å²) in [5.74, 6) is -0.146. The van der Waals surface area contributed by atoms with Gasteiger partial charge in [-0.05, 0) is 48.7 Å². The van der Waals surface area contributed by atoms with E-state index in [1.54, 1.807) is 55.5 Å². The molecule has 5 nitrogen and oxygen atoms in total. The second kappa shape index (κ2) is 7.65. The molecular formula is C20H20F2N4O. The Labute approximate surface area is 156 Å². The van der Waals surface area contributed by atoms with Gasteiger partial charge in [0.25, 0.3) is 5.91 Å². The smallest absolute Gasteiger partial charge is 0.333 e. The lowest BCUT2D eigenvalue weighted by Crippen LogP contribution is -2.26. The maximum atomic E-state index is 12.9. The maximum absolute atomic E-state index is 12.9. The number of hydrogen-bond donors (Lipinski definition) is 0. The minimum atomic E-state index is -2.70. The van der Waals surface area contributed by atoms with Crippen molar-refractivity contribution in [3.8, 4) is 11.1 Å². The highest BCUT2D eigenvalue weighted by atomic mass is 19.3. The molecule has 0 saturated heterocycles. The molecule has 27 heavy (non-hydrogen) atoms. The number of carbonyl (C=O) groups excluding carboxylic acids is 1. The fourth-order valence-corrected chi connectivity index (χ4v) is 2.91. The van der Waals surface area contributed by atoms with Crippen LogP contribution >= 0.6 is 0 Å². The van der Waals surface area contributed by atoms with Crippen LogP contribution in [0.4, 0.5) is 8.78 Å². The third-order valence-electron chi connectivity index (χ3n) is 4.43. The van der Waals surface area contributed by atoms with Crippen LogP contribution in [0.2, 0.25) is 0 Å². The molecule has 0 N–H and O–H groups in total.